The van der Waals surface area contributed by atoms with Crippen LogP contribution in [0.2, 0.25) is 0 Å². The SMILES string of the molecule is CCOc1cncc(-c2ccc(NC(=O)C3(c4ccnc(NS(C)(=O)=O)n4)CCOCC3)nc2)n1. The summed E-state index contributed by atoms with van der Waals surface area (Å²) in [5, 5.41) is 2.86. The molecule has 13 heteroatoms. The second-order valence-corrected chi connectivity index (χ2v) is 9.64. The first-order chi connectivity index (χ1) is 16.8. The summed E-state index contributed by atoms with van der Waals surface area (Å²) < 4.78 is 36.3. The second kappa shape index (κ2) is 10.3. The monoisotopic (exact) mass is 499 g/mol. The molecule has 1 fully saturated rings. The lowest BCUT2D eigenvalue weighted by Gasteiger charge is -2.35. The Bertz CT molecular complexity index is 1300. The number of rotatable bonds is 8. The maximum absolute atomic E-state index is 13.5. The number of anilines is 2. The lowest BCUT2D eigenvalue weighted by Crippen LogP contribution is -2.45. The second-order valence-electron chi connectivity index (χ2n) is 7.90. The summed E-state index contributed by atoms with van der Waals surface area (Å²) in [4.78, 5) is 34.7. The molecule has 0 atom stereocenters. The number of sulfonamides is 1. The summed E-state index contributed by atoms with van der Waals surface area (Å²) in [5.74, 6) is 0.352. The molecule has 0 spiro atoms. The molecule has 4 rings (SSSR count). The fourth-order valence-corrected chi connectivity index (χ4v) is 4.15. The molecule has 0 saturated carbocycles. The van der Waals surface area contributed by atoms with Crippen LogP contribution < -0.4 is 14.8 Å². The van der Waals surface area contributed by atoms with Crippen LogP contribution in [0.5, 0.6) is 5.88 Å². The Balaban J connectivity index is 1.57. The average molecular weight is 500 g/mol. The molecule has 1 saturated heterocycles. The van der Waals surface area contributed by atoms with Gasteiger partial charge in [-0.2, -0.15) is 0 Å². The van der Waals surface area contributed by atoms with E-state index in [1.165, 1.54) is 12.4 Å². The minimum atomic E-state index is -3.57. The summed E-state index contributed by atoms with van der Waals surface area (Å²) in [6.45, 7) is 3.05. The summed E-state index contributed by atoms with van der Waals surface area (Å²) in [7, 11) is -3.57. The molecule has 0 unspecified atom stereocenters. The van der Waals surface area contributed by atoms with Crippen molar-refractivity contribution in [2.45, 2.75) is 25.2 Å². The minimum Gasteiger partial charge on any atom is -0.477 e. The lowest BCUT2D eigenvalue weighted by molar-refractivity contribution is -0.125. The summed E-state index contributed by atoms with van der Waals surface area (Å²) in [6.07, 6.45) is 7.89. The van der Waals surface area contributed by atoms with Crippen molar-refractivity contribution in [3.63, 3.8) is 0 Å². The van der Waals surface area contributed by atoms with E-state index in [2.05, 4.69) is 35.0 Å². The number of hydrogen-bond donors (Lipinski definition) is 2. The molecule has 0 radical (unpaired) electrons. The molecule has 4 heterocycles. The molecule has 0 aromatic carbocycles. The number of amides is 1. The van der Waals surface area contributed by atoms with E-state index in [-0.39, 0.29) is 11.9 Å². The van der Waals surface area contributed by atoms with Gasteiger partial charge in [-0.15, -0.1) is 0 Å². The Kier molecular flexibility index (Phi) is 7.17. The third kappa shape index (κ3) is 5.87. The van der Waals surface area contributed by atoms with E-state index in [0.29, 0.717) is 61.3 Å². The van der Waals surface area contributed by atoms with Gasteiger partial charge in [0.2, 0.25) is 27.8 Å². The van der Waals surface area contributed by atoms with Crippen LogP contribution in [0.1, 0.15) is 25.5 Å². The van der Waals surface area contributed by atoms with Crippen LogP contribution in [0.25, 0.3) is 11.3 Å². The molecule has 1 aliphatic rings. The number of hydrogen-bond acceptors (Lipinski definition) is 10. The molecule has 35 heavy (non-hydrogen) atoms. The fourth-order valence-electron chi connectivity index (χ4n) is 3.72. The van der Waals surface area contributed by atoms with Crippen molar-refractivity contribution in [2.75, 3.05) is 36.1 Å². The largest absolute Gasteiger partial charge is 0.477 e. The highest BCUT2D eigenvalue weighted by atomic mass is 32.2. The molecular weight excluding hydrogens is 474 g/mol. The lowest BCUT2D eigenvalue weighted by atomic mass is 9.76. The first-order valence-corrected chi connectivity index (χ1v) is 12.8. The summed E-state index contributed by atoms with van der Waals surface area (Å²) >= 11 is 0. The first kappa shape index (κ1) is 24.4. The van der Waals surface area contributed by atoms with Gasteiger partial charge in [0.15, 0.2) is 0 Å². The molecular formula is C22H25N7O5S. The summed E-state index contributed by atoms with van der Waals surface area (Å²) in [6, 6.07) is 5.06. The zero-order valence-corrected chi connectivity index (χ0v) is 20.1. The topological polar surface area (TPSA) is 158 Å². The number of aromatic nitrogens is 5. The Morgan fingerprint density at radius 3 is 2.60 bits per heavy atom. The Hall–Kier alpha value is -3.71. The van der Waals surface area contributed by atoms with Crippen LogP contribution in [-0.4, -0.2) is 65.3 Å². The highest BCUT2D eigenvalue weighted by Crippen LogP contribution is 2.35. The third-order valence-corrected chi connectivity index (χ3v) is 5.96. The number of carbonyl (C=O) groups excluding carboxylic acids is 1. The van der Waals surface area contributed by atoms with Gasteiger partial charge in [0.25, 0.3) is 0 Å². The van der Waals surface area contributed by atoms with Crippen LogP contribution in [0, 0.1) is 0 Å². The maximum atomic E-state index is 13.5. The van der Waals surface area contributed by atoms with Crippen LogP contribution >= 0.6 is 0 Å². The maximum Gasteiger partial charge on any atom is 0.237 e. The molecule has 3 aromatic heterocycles. The van der Waals surface area contributed by atoms with Gasteiger partial charge in [-0.1, -0.05) is 0 Å². The third-order valence-electron chi connectivity index (χ3n) is 5.41. The Morgan fingerprint density at radius 2 is 1.91 bits per heavy atom. The van der Waals surface area contributed by atoms with Gasteiger partial charge in [-0.3, -0.25) is 14.5 Å². The molecule has 3 aromatic rings. The molecule has 0 aliphatic carbocycles. The number of carbonyl (C=O) groups is 1. The quantitative estimate of drug-likeness (QED) is 0.468. The van der Waals surface area contributed by atoms with Gasteiger partial charge < -0.3 is 14.8 Å². The van der Waals surface area contributed by atoms with E-state index in [9.17, 15) is 13.2 Å². The normalized spacial score (nSPS) is 15.3. The van der Waals surface area contributed by atoms with Gasteiger partial charge in [0.05, 0.1) is 42.1 Å². The molecule has 1 aliphatic heterocycles. The van der Waals surface area contributed by atoms with Gasteiger partial charge in [0.1, 0.15) is 5.82 Å². The van der Waals surface area contributed by atoms with E-state index >= 15 is 0 Å². The van der Waals surface area contributed by atoms with Gasteiger partial charge in [-0.25, -0.2) is 28.4 Å². The molecule has 0 bridgehead atoms. The number of pyridine rings is 1. The number of nitrogens with zero attached hydrogens (tertiary/aromatic N) is 5. The van der Waals surface area contributed by atoms with Gasteiger partial charge >= 0.3 is 0 Å². The average Bonchev–Trinajstić information content (AvgIpc) is 2.84. The minimum absolute atomic E-state index is 0.0958. The highest BCUT2D eigenvalue weighted by molar-refractivity contribution is 7.91. The Morgan fingerprint density at radius 1 is 1.11 bits per heavy atom. The van der Waals surface area contributed by atoms with Crippen LogP contribution in [-0.2, 0) is 25.0 Å². The molecule has 2 N–H and O–H groups in total. The zero-order valence-electron chi connectivity index (χ0n) is 19.3. The van der Waals surface area contributed by atoms with E-state index in [1.807, 2.05) is 6.92 Å². The fraction of sp³-hybridized carbons (Fsp3) is 0.364. The van der Waals surface area contributed by atoms with E-state index in [0.717, 1.165) is 6.26 Å². The van der Waals surface area contributed by atoms with Crippen molar-refractivity contribution in [3.05, 3.63) is 48.7 Å². The van der Waals surface area contributed by atoms with E-state index < -0.39 is 15.4 Å². The highest BCUT2D eigenvalue weighted by Gasteiger charge is 2.43. The number of ether oxygens (including phenoxy) is 2. The summed E-state index contributed by atoms with van der Waals surface area (Å²) in [5.41, 5.74) is 0.672. The predicted octanol–water partition coefficient (Wildman–Crippen LogP) is 1.79. The van der Waals surface area contributed by atoms with Crippen molar-refractivity contribution >= 4 is 27.7 Å². The van der Waals surface area contributed by atoms with E-state index in [1.54, 1.807) is 30.6 Å². The first-order valence-electron chi connectivity index (χ1n) is 10.9. The smallest absolute Gasteiger partial charge is 0.237 e. The van der Waals surface area contributed by atoms with Crippen LogP contribution in [0.15, 0.2) is 43.0 Å². The van der Waals surface area contributed by atoms with Crippen molar-refractivity contribution in [1.29, 1.82) is 0 Å². The zero-order chi connectivity index (χ0) is 24.9. The standard InChI is InChI=1S/C22H25N7O5S/c1-3-34-19-14-23-13-16(26-19)15-4-5-18(25-12-15)28-20(30)22(7-10-33-11-8-22)17-6-9-24-21(27-17)29-35(2,31)32/h4-6,9,12-14H,3,7-8,10-11H2,1-2H3,(H,24,27,29)(H,25,28,30). The van der Waals surface area contributed by atoms with Crippen molar-refractivity contribution in [3.8, 4) is 17.1 Å². The molecule has 1 amide bonds. The van der Waals surface area contributed by atoms with Gasteiger partial charge in [-0.05, 0) is 38.0 Å². The van der Waals surface area contributed by atoms with Crippen molar-refractivity contribution < 1.29 is 22.7 Å². The Labute approximate surface area is 202 Å². The van der Waals surface area contributed by atoms with Gasteiger partial charge in [0, 0.05) is 31.2 Å². The van der Waals surface area contributed by atoms with Crippen molar-refractivity contribution in [2.24, 2.45) is 0 Å². The van der Waals surface area contributed by atoms with Crippen molar-refractivity contribution in [1.82, 2.24) is 24.9 Å². The van der Waals surface area contributed by atoms with E-state index in [4.69, 9.17) is 9.47 Å². The van der Waals surface area contributed by atoms with Crippen LogP contribution in [0.4, 0.5) is 11.8 Å². The predicted molar refractivity (Wildman–Crippen MR) is 127 cm³/mol. The molecule has 184 valence electrons. The number of nitrogens with one attached hydrogen (secondary N) is 2. The molecule has 12 nitrogen and oxygen atoms in total. The van der Waals surface area contributed by atoms with Crippen LogP contribution in [0.3, 0.4) is 0 Å².